The third-order valence-electron chi connectivity index (χ3n) is 27.5. The maximum Gasteiger partial charge on any atom is 0.252 e. The fraction of sp³-hybridized carbons (Fsp3) is 0.0656. The molecule has 0 saturated carbocycles. The van der Waals surface area contributed by atoms with Crippen molar-refractivity contribution in [3.63, 3.8) is 0 Å². The summed E-state index contributed by atoms with van der Waals surface area (Å²) in [6, 6.07) is 106. The second-order valence-electron chi connectivity index (χ2n) is 36.7. The Hall–Kier alpha value is -16.0. The Labute approximate surface area is 767 Å². The van der Waals surface area contributed by atoms with Gasteiger partial charge >= 0.3 is 0 Å². The quantitative estimate of drug-likeness (QED) is 0.128. The summed E-state index contributed by atoms with van der Waals surface area (Å²) in [7, 11) is 0. The minimum Gasteiger partial charge on any atom is -0.310 e. The molecule has 0 amide bonds. The van der Waals surface area contributed by atoms with E-state index >= 15 is 0 Å². The molecule has 606 valence electrons. The van der Waals surface area contributed by atoms with Crippen LogP contribution in [0.5, 0.6) is 0 Å². The molecule has 0 N–H and O–H groups in total. The van der Waals surface area contributed by atoms with Crippen LogP contribution in [0.3, 0.4) is 0 Å². The van der Waals surface area contributed by atoms with Gasteiger partial charge in [0, 0.05) is 121 Å². The van der Waals surface area contributed by atoms with Crippen LogP contribution in [-0.2, 0) is 10.8 Å². The molecule has 0 spiro atoms. The zero-order valence-electron chi connectivity index (χ0n) is 85.4. The first kappa shape index (κ1) is 60.6. The van der Waals surface area contributed by atoms with E-state index in [-0.39, 0.29) is 91.0 Å². The average Bonchev–Trinajstić information content (AvgIpc) is 1.63. The lowest BCUT2D eigenvalue weighted by Gasteiger charge is -2.46. The van der Waals surface area contributed by atoms with Crippen molar-refractivity contribution in [3.05, 3.63) is 417 Å². The third kappa shape index (κ3) is 10.7. The standard InChI is InChI=1S/C122H85BN6/c1-121(2,3)82-68-96(77-38-17-10-18-39-77)118(97(69-82)81-64-100-92-44-23-29-52-108(92)127-109-53-30-24-45-93(109)101(65-81)120(100)127)129-113-73-85(125-105-49-26-20-41-89(105)95-59-55-79(67-111(95)125)75-34-13-8-14-35-75)57-61-103(113)123-102-60-56-84(124-104-48-25-19-40-88(104)94-58-54-78(66-110(94)124)74-32-11-7-12-33-74)72-112(102)128(114-70-83(122(4,5)6)71-115(129)116(114)123)117-86(76-36-15-9-16-37-76)46-31-47-87(117)80-62-98-90-42-21-27-50-106(90)126-107-51-28-22-43-91(107)99(63-80)119(98)126/h7-73H,1-6H3/i19D,20D,25D,26D,40D,41D,48D,49D,54D,55D,58D,59D,66D,67D. The Balaban J connectivity index is 0.851. The predicted octanol–water partition coefficient (Wildman–Crippen LogP) is 30.9. The van der Waals surface area contributed by atoms with Crippen molar-refractivity contribution in [2.24, 2.45) is 0 Å². The first-order valence-corrected chi connectivity index (χ1v) is 44.2. The number of fused-ring (bicyclic) bond motifs is 22. The lowest BCUT2D eigenvalue weighted by atomic mass is 9.33. The van der Waals surface area contributed by atoms with Gasteiger partial charge in [0.25, 0.3) is 6.71 Å². The minimum absolute atomic E-state index is 0.00525. The van der Waals surface area contributed by atoms with Gasteiger partial charge in [0.1, 0.15) is 0 Å². The molecule has 0 bridgehead atoms. The van der Waals surface area contributed by atoms with E-state index in [1.54, 1.807) is 21.3 Å². The van der Waals surface area contributed by atoms with Gasteiger partial charge in [-0.15, -0.1) is 0 Å². The summed E-state index contributed by atoms with van der Waals surface area (Å²) < 4.78 is 149. The molecule has 19 aromatic carbocycles. The number of anilines is 6. The molecule has 7 heteroatoms. The topological polar surface area (TPSA) is 25.2 Å². The van der Waals surface area contributed by atoms with Gasteiger partial charge in [-0.1, -0.05) is 326 Å². The molecule has 27 rings (SSSR count). The lowest BCUT2D eigenvalue weighted by Crippen LogP contribution is -2.61. The van der Waals surface area contributed by atoms with E-state index in [4.69, 9.17) is 0 Å². The van der Waals surface area contributed by atoms with Crippen molar-refractivity contribution < 1.29 is 19.2 Å². The number of rotatable bonds is 10. The number of aromatic nitrogens is 4. The molecule has 25 aromatic rings. The summed E-state index contributed by atoms with van der Waals surface area (Å²) in [5.74, 6) is 0. The number of hydrogen-bond donors (Lipinski definition) is 0. The van der Waals surface area contributed by atoms with Crippen LogP contribution in [0.2, 0.25) is 0 Å². The van der Waals surface area contributed by atoms with Crippen molar-refractivity contribution in [2.45, 2.75) is 52.4 Å². The van der Waals surface area contributed by atoms with E-state index < -0.39 is 65.9 Å². The van der Waals surface area contributed by atoms with Gasteiger partial charge < -0.3 is 27.7 Å². The molecule has 0 radical (unpaired) electrons. The van der Waals surface area contributed by atoms with E-state index in [1.165, 1.54) is 0 Å². The predicted molar refractivity (Wildman–Crippen MR) is 548 cm³/mol. The summed E-state index contributed by atoms with van der Waals surface area (Å²) in [6.45, 7) is 12.7. The summed E-state index contributed by atoms with van der Waals surface area (Å²) in [4.78, 5) is 4.90. The normalized spacial score (nSPS) is 14.5. The van der Waals surface area contributed by atoms with Crippen LogP contribution in [0.25, 0.3) is 198 Å². The highest BCUT2D eigenvalue weighted by Gasteiger charge is 2.47. The molecule has 2 aliphatic rings. The molecular weight excluding hydrogens is 1560 g/mol. The molecular formula is C122H85BN6. The summed E-state index contributed by atoms with van der Waals surface area (Å²) >= 11 is 0. The zero-order chi connectivity index (χ0) is 97.7. The van der Waals surface area contributed by atoms with Gasteiger partial charge in [-0.2, -0.15) is 0 Å². The average molecular weight is 1660 g/mol. The van der Waals surface area contributed by atoms with E-state index in [0.717, 1.165) is 171 Å². The van der Waals surface area contributed by atoms with E-state index in [1.807, 2.05) is 72.8 Å². The fourth-order valence-corrected chi connectivity index (χ4v) is 21.6. The van der Waals surface area contributed by atoms with Crippen LogP contribution in [0, 0.1) is 0 Å². The van der Waals surface area contributed by atoms with Gasteiger partial charge in [0.2, 0.25) is 0 Å². The molecule has 0 atom stereocenters. The highest BCUT2D eigenvalue weighted by molar-refractivity contribution is 7.00. The highest BCUT2D eigenvalue weighted by Crippen LogP contribution is 2.58. The fourth-order valence-electron chi connectivity index (χ4n) is 21.6. The van der Waals surface area contributed by atoms with Gasteiger partial charge in [-0.25, -0.2) is 0 Å². The van der Waals surface area contributed by atoms with Crippen LogP contribution >= 0.6 is 0 Å². The summed E-state index contributed by atoms with van der Waals surface area (Å²) in [6.07, 6.45) is 0. The van der Waals surface area contributed by atoms with E-state index in [2.05, 4.69) is 297 Å². The minimum atomic E-state index is -0.797. The van der Waals surface area contributed by atoms with Crippen molar-refractivity contribution in [3.8, 4) is 78.1 Å². The van der Waals surface area contributed by atoms with Gasteiger partial charge in [-0.05, 0) is 204 Å². The summed E-state index contributed by atoms with van der Waals surface area (Å²) in [5.41, 5.74) is 23.6. The van der Waals surface area contributed by atoms with Crippen molar-refractivity contribution in [1.29, 1.82) is 0 Å². The van der Waals surface area contributed by atoms with Crippen molar-refractivity contribution in [2.75, 3.05) is 9.80 Å². The molecule has 2 aliphatic heterocycles. The summed E-state index contributed by atoms with van der Waals surface area (Å²) in [5, 5.41) is 8.63. The maximum absolute atomic E-state index is 10.8. The number of benzene rings is 19. The number of para-hydroxylation sites is 7. The molecule has 8 heterocycles. The van der Waals surface area contributed by atoms with E-state index in [0.29, 0.717) is 33.9 Å². The molecule has 0 aliphatic carbocycles. The largest absolute Gasteiger partial charge is 0.310 e. The van der Waals surface area contributed by atoms with Crippen LogP contribution in [0.15, 0.2) is 406 Å². The molecule has 0 fully saturated rings. The Kier molecular flexibility index (Phi) is 12.8. The molecule has 6 aromatic heterocycles. The van der Waals surface area contributed by atoms with Crippen LogP contribution < -0.4 is 26.2 Å². The van der Waals surface area contributed by atoms with Gasteiger partial charge in [0.15, 0.2) is 0 Å². The van der Waals surface area contributed by atoms with E-state index in [9.17, 15) is 19.2 Å². The lowest BCUT2D eigenvalue weighted by molar-refractivity contribution is 0.590. The Bertz CT molecular complexity index is 9780. The second kappa shape index (κ2) is 27.3. The molecule has 6 nitrogen and oxygen atoms in total. The SMILES string of the molecule is [2H]c1c([2H])c([2H])c2c(c1[2H])c1c([2H])c([2H])c(-c3ccccc3)c([2H])c1n2-c1ccc2c(c1)N(c1c(-c3ccccc3)cccc1-c1cc3c4ccccc4n4c5ccccc5c(c1)c34)c1cc(C(C)(C)C)cc3c1B2c1ccc(-n2c4c([2H])c([2H])c([2H])c([2H])c4c4c([2H])c([2H])c(-c5ccccc5)c([2H])c42)cc1N3c1c(-c2ccccc2)cc(C(C)(C)C)cc1-c1cc2c3ccccc3n3c4ccccc4c(c1)c23. The number of hydrogen-bond acceptors (Lipinski definition) is 2. The molecule has 0 unspecified atom stereocenters. The zero-order valence-corrected chi connectivity index (χ0v) is 71.4. The monoisotopic (exact) mass is 1660 g/mol. The van der Waals surface area contributed by atoms with Gasteiger partial charge in [-0.3, -0.25) is 0 Å². The first-order chi connectivity index (χ1) is 69.1. The molecule has 0 saturated heterocycles. The Morgan fingerprint density at radius 3 is 1.00 bits per heavy atom. The van der Waals surface area contributed by atoms with Crippen LogP contribution in [0.4, 0.5) is 34.1 Å². The molecule has 129 heavy (non-hydrogen) atoms. The Morgan fingerprint density at radius 1 is 0.240 bits per heavy atom. The smallest absolute Gasteiger partial charge is 0.252 e. The second-order valence-corrected chi connectivity index (χ2v) is 36.7. The van der Waals surface area contributed by atoms with Gasteiger partial charge in [0.05, 0.1) is 85.7 Å². The number of nitrogens with zero attached hydrogens (tertiary/aromatic N) is 6. The first-order valence-electron chi connectivity index (χ1n) is 51.2. The third-order valence-corrected chi connectivity index (χ3v) is 27.5. The highest BCUT2D eigenvalue weighted by atomic mass is 15.2. The van der Waals surface area contributed by atoms with Crippen LogP contribution in [0.1, 0.15) is 71.9 Å². The van der Waals surface area contributed by atoms with Crippen molar-refractivity contribution >= 4 is 177 Å². The van der Waals surface area contributed by atoms with Crippen LogP contribution in [-0.4, -0.2) is 24.6 Å². The Morgan fingerprint density at radius 2 is 0.581 bits per heavy atom. The maximum atomic E-state index is 10.8. The van der Waals surface area contributed by atoms with Crippen molar-refractivity contribution in [1.82, 2.24) is 17.9 Å².